The molecular formula is C11H5BrF10N. The van der Waals surface area contributed by atoms with Gasteiger partial charge in [0.05, 0.1) is 6.42 Å². The normalized spacial score (nSPS) is 14.3. The van der Waals surface area contributed by atoms with E-state index in [1.165, 1.54) is 0 Å². The van der Waals surface area contributed by atoms with Crippen LogP contribution in [-0.2, 0) is 12.1 Å². The first-order valence-electron chi connectivity index (χ1n) is 5.48. The molecule has 0 aromatic carbocycles. The van der Waals surface area contributed by atoms with Crippen LogP contribution in [0, 0.1) is 13.0 Å². The molecule has 0 atom stereocenters. The molecule has 0 saturated heterocycles. The molecule has 12 heteroatoms. The minimum atomic E-state index is -6.56. The summed E-state index contributed by atoms with van der Waals surface area (Å²) in [4.78, 5) is 2.67. The SMILES string of the molecule is Cc1[c]c(Br)nc(C(F)(C(F)(F)F)C(F)(F)F)c1CC(F)(F)F. The van der Waals surface area contributed by atoms with Gasteiger partial charge in [-0.1, -0.05) is 0 Å². The van der Waals surface area contributed by atoms with Crippen molar-refractivity contribution in [3.63, 3.8) is 0 Å². The second kappa shape index (κ2) is 5.78. The van der Waals surface area contributed by atoms with Crippen LogP contribution >= 0.6 is 15.9 Å². The summed E-state index contributed by atoms with van der Waals surface area (Å²) in [6, 6.07) is 1.98. The van der Waals surface area contributed by atoms with E-state index in [1.54, 1.807) is 0 Å². The summed E-state index contributed by atoms with van der Waals surface area (Å²) in [5.41, 5.74) is -10.8. The number of nitrogens with zero attached hydrogens (tertiary/aromatic N) is 1. The van der Waals surface area contributed by atoms with Crippen LogP contribution in [0.15, 0.2) is 4.60 Å². The molecule has 0 bridgehead atoms. The van der Waals surface area contributed by atoms with Crippen LogP contribution in [0.1, 0.15) is 16.8 Å². The Labute approximate surface area is 130 Å². The molecule has 0 aliphatic carbocycles. The van der Waals surface area contributed by atoms with Crippen LogP contribution in [0.25, 0.3) is 0 Å². The summed E-state index contributed by atoms with van der Waals surface area (Å²) in [6.45, 7) is 0.768. The van der Waals surface area contributed by atoms with Gasteiger partial charge in [-0.2, -0.15) is 39.5 Å². The first kappa shape index (κ1) is 20.0. The third-order valence-electron chi connectivity index (χ3n) is 2.72. The number of pyridine rings is 1. The van der Waals surface area contributed by atoms with Gasteiger partial charge < -0.3 is 0 Å². The third-order valence-corrected chi connectivity index (χ3v) is 3.10. The van der Waals surface area contributed by atoms with Gasteiger partial charge in [0, 0.05) is 6.07 Å². The second-order valence-corrected chi connectivity index (χ2v) is 5.18. The van der Waals surface area contributed by atoms with Crippen molar-refractivity contribution in [2.24, 2.45) is 0 Å². The van der Waals surface area contributed by atoms with Crippen molar-refractivity contribution in [1.82, 2.24) is 4.98 Å². The Balaban J connectivity index is 3.80. The highest BCUT2D eigenvalue weighted by Gasteiger charge is 2.75. The number of alkyl halides is 10. The lowest BCUT2D eigenvalue weighted by molar-refractivity contribution is -0.350. The molecule has 0 aliphatic heterocycles. The zero-order valence-electron chi connectivity index (χ0n) is 10.8. The van der Waals surface area contributed by atoms with Crippen LogP contribution < -0.4 is 0 Å². The minimum absolute atomic E-state index is 0.741. The molecule has 1 radical (unpaired) electrons. The van der Waals surface area contributed by atoms with Crippen molar-refractivity contribution in [3.8, 4) is 0 Å². The Morgan fingerprint density at radius 3 is 1.70 bits per heavy atom. The van der Waals surface area contributed by atoms with Gasteiger partial charge in [0.2, 0.25) is 0 Å². The van der Waals surface area contributed by atoms with Crippen molar-refractivity contribution >= 4 is 15.9 Å². The van der Waals surface area contributed by atoms with Crippen molar-refractivity contribution in [2.45, 2.75) is 37.5 Å². The lowest BCUT2D eigenvalue weighted by Crippen LogP contribution is -2.51. The second-order valence-electron chi connectivity index (χ2n) is 4.43. The molecule has 0 N–H and O–H groups in total. The van der Waals surface area contributed by atoms with Gasteiger partial charge in [-0.3, -0.25) is 0 Å². The van der Waals surface area contributed by atoms with E-state index in [9.17, 15) is 43.9 Å². The van der Waals surface area contributed by atoms with E-state index in [-0.39, 0.29) is 0 Å². The van der Waals surface area contributed by atoms with E-state index in [1.807, 2.05) is 6.07 Å². The number of halogens is 11. The highest BCUT2D eigenvalue weighted by Crippen LogP contribution is 2.54. The molecule has 0 spiro atoms. The summed E-state index contributed by atoms with van der Waals surface area (Å²) in [6.07, 6.45) is -20.5. The zero-order chi connectivity index (χ0) is 18.4. The highest BCUT2D eigenvalue weighted by molar-refractivity contribution is 9.10. The number of rotatable bonds is 2. The smallest absolute Gasteiger partial charge is 0.241 e. The molecule has 1 nitrogen and oxygen atoms in total. The summed E-state index contributed by atoms with van der Waals surface area (Å²) < 4.78 is 127. The molecule has 1 aromatic heterocycles. The summed E-state index contributed by atoms with van der Waals surface area (Å²) in [7, 11) is 0. The van der Waals surface area contributed by atoms with E-state index in [2.05, 4.69) is 20.9 Å². The van der Waals surface area contributed by atoms with Crippen molar-refractivity contribution < 1.29 is 43.9 Å². The monoisotopic (exact) mass is 420 g/mol. The molecule has 1 heterocycles. The van der Waals surface area contributed by atoms with Gasteiger partial charge in [-0.25, -0.2) is 9.37 Å². The lowest BCUT2D eigenvalue weighted by atomic mass is 9.91. The fourth-order valence-corrected chi connectivity index (χ4v) is 2.21. The van der Waals surface area contributed by atoms with E-state index in [0.717, 1.165) is 6.92 Å². The van der Waals surface area contributed by atoms with Gasteiger partial charge in [0.25, 0.3) is 0 Å². The zero-order valence-corrected chi connectivity index (χ0v) is 12.4. The first-order chi connectivity index (χ1) is 10.0. The molecule has 0 aliphatic rings. The van der Waals surface area contributed by atoms with Crippen LogP contribution in [0.4, 0.5) is 43.9 Å². The summed E-state index contributed by atoms with van der Waals surface area (Å²) in [5.74, 6) is 0. The largest absolute Gasteiger partial charge is 0.437 e. The van der Waals surface area contributed by atoms with E-state index >= 15 is 0 Å². The standard InChI is InChI=1S/C11H5BrF10N/c1-4-2-6(12)23-7(5(4)3-8(13,14)15)9(16,10(17,18)19)11(20,21)22/h3H2,1H3. The Morgan fingerprint density at radius 2 is 1.35 bits per heavy atom. The summed E-state index contributed by atoms with van der Waals surface area (Å²) >= 11 is 2.40. The van der Waals surface area contributed by atoms with Crippen LogP contribution in [0.2, 0.25) is 0 Å². The minimum Gasteiger partial charge on any atom is -0.241 e. The third kappa shape index (κ3) is 3.89. The van der Waals surface area contributed by atoms with Crippen LogP contribution in [0.3, 0.4) is 0 Å². The number of aromatic nitrogens is 1. The fraction of sp³-hybridized carbons (Fsp3) is 0.545. The van der Waals surface area contributed by atoms with E-state index < -0.39 is 52.0 Å². The molecule has 0 unspecified atom stereocenters. The Hall–Kier alpha value is -1.07. The average molecular weight is 421 g/mol. The molecule has 0 fully saturated rings. The summed E-state index contributed by atoms with van der Waals surface area (Å²) in [5, 5.41) is 0. The number of aryl methyl sites for hydroxylation is 1. The topological polar surface area (TPSA) is 12.9 Å². The highest BCUT2D eigenvalue weighted by atomic mass is 79.9. The molecule has 131 valence electrons. The van der Waals surface area contributed by atoms with Gasteiger partial charge in [0.15, 0.2) is 0 Å². The molecule has 0 saturated carbocycles. The van der Waals surface area contributed by atoms with Gasteiger partial charge in [-0.05, 0) is 34.0 Å². The van der Waals surface area contributed by atoms with Crippen molar-refractivity contribution in [1.29, 1.82) is 0 Å². The maximum Gasteiger partial charge on any atom is 0.437 e. The van der Waals surface area contributed by atoms with Crippen molar-refractivity contribution in [3.05, 3.63) is 27.5 Å². The maximum absolute atomic E-state index is 14.0. The van der Waals surface area contributed by atoms with Gasteiger partial charge in [-0.15, -0.1) is 0 Å². The fourth-order valence-electron chi connectivity index (χ4n) is 1.73. The van der Waals surface area contributed by atoms with E-state index in [4.69, 9.17) is 0 Å². The molecule has 1 rings (SSSR count). The van der Waals surface area contributed by atoms with E-state index in [0.29, 0.717) is 0 Å². The Bertz CT molecular complexity index is 572. The van der Waals surface area contributed by atoms with Crippen LogP contribution in [0.5, 0.6) is 0 Å². The predicted octanol–water partition coefficient (Wildman–Crippen LogP) is 5.35. The molecular weight excluding hydrogens is 416 g/mol. The molecule has 0 amide bonds. The maximum atomic E-state index is 14.0. The van der Waals surface area contributed by atoms with Crippen LogP contribution in [-0.4, -0.2) is 23.5 Å². The Morgan fingerprint density at radius 1 is 0.913 bits per heavy atom. The average Bonchev–Trinajstić information content (AvgIpc) is 2.26. The predicted molar refractivity (Wildman–Crippen MR) is 60.2 cm³/mol. The quantitative estimate of drug-likeness (QED) is 0.464. The van der Waals surface area contributed by atoms with Crippen molar-refractivity contribution in [2.75, 3.05) is 0 Å². The number of hydrogen-bond acceptors (Lipinski definition) is 1. The van der Waals surface area contributed by atoms with Gasteiger partial charge in [0.1, 0.15) is 10.3 Å². The molecule has 1 aromatic rings. The first-order valence-corrected chi connectivity index (χ1v) is 6.28. The number of hydrogen-bond donors (Lipinski definition) is 0. The lowest BCUT2D eigenvalue weighted by Gasteiger charge is -2.31. The molecule has 23 heavy (non-hydrogen) atoms. The Kier molecular flexibility index (Phi) is 5.02. The van der Waals surface area contributed by atoms with Gasteiger partial charge >= 0.3 is 24.2 Å².